The Bertz CT molecular complexity index is 1440. The summed E-state index contributed by atoms with van der Waals surface area (Å²) in [7, 11) is -3.97. The van der Waals surface area contributed by atoms with Gasteiger partial charge in [0.05, 0.1) is 32.0 Å². The van der Waals surface area contributed by atoms with Crippen LogP contribution in [-0.2, 0) is 53.7 Å². The molecule has 3 aromatic rings. The lowest BCUT2D eigenvalue weighted by Gasteiger charge is -2.32. The number of aliphatic hydroxyl groups excluding tert-OH is 2. The van der Waals surface area contributed by atoms with Gasteiger partial charge in [-0.05, 0) is 84.6 Å². The predicted octanol–water partition coefficient (Wildman–Crippen LogP) is 7.60. The number of aliphatic hydroxyl groups is 2. The molecule has 0 aliphatic heterocycles. The lowest BCUT2D eigenvalue weighted by molar-refractivity contribution is -0.147. The Morgan fingerprint density at radius 3 is 2.22 bits per heavy atom. The SMILES string of the molecule is CCCCC[C@H](O)CC[C@@H]1[C@H]2Cc3cccc(OCC(=O)OCCOP(=O)(OCc4ccccc4)OCc4ccccc4)c3C[C@H]2C[C@H]1O. The first kappa shape index (κ1) is 37.2. The minimum absolute atomic E-state index is 0.0331. The number of fused-ring (bicyclic) bond motifs is 2. The van der Waals surface area contributed by atoms with Crippen LogP contribution < -0.4 is 4.74 Å². The molecule has 10 heteroatoms. The van der Waals surface area contributed by atoms with E-state index in [2.05, 4.69) is 13.0 Å². The summed E-state index contributed by atoms with van der Waals surface area (Å²) in [5.41, 5.74) is 3.90. The molecular formula is C39H51O9P. The van der Waals surface area contributed by atoms with Gasteiger partial charge in [0.2, 0.25) is 0 Å². The van der Waals surface area contributed by atoms with Gasteiger partial charge in [-0.2, -0.15) is 0 Å². The minimum atomic E-state index is -3.97. The van der Waals surface area contributed by atoms with Gasteiger partial charge in [-0.1, -0.05) is 99.0 Å². The normalized spacial score (nSPS) is 20.7. The van der Waals surface area contributed by atoms with Crippen molar-refractivity contribution >= 4 is 13.8 Å². The van der Waals surface area contributed by atoms with Crippen molar-refractivity contribution in [3.63, 3.8) is 0 Å². The van der Waals surface area contributed by atoms with Crippen LogP contribution in [0.3, 0.4) is 0 Å². The smallest absolute Gasteiger partial charge is 0.475 e. The molecule has 2 N–H and O–H groups in total. The number of benzene rings is 3. The summed E-state index contributed by atoms with van der Waals surface area (Å²) < 4.78 is 41.4. The van der Waals surface area contributed by atoms with Gasteiger partial charge in [0, 0.05) is 0 Å². The zero-order chi connectivity index (χ0) is 34.5. The van der Waals surface area contributed by atoms with Crippen LogP contribution in [0.2, 0.25) is 0 Å². The summed E-state index contributed by atoms with van der Waals surface area (Å²) in [6.07, 6.45) is 7.44. The number of rotatable bonds is 20. The van der Waals surface area contributed by atoms with Crippen LogP contribution in [0.4, 0.5) is 0 Å². The number of hydrogen-bond acceptors (Lipinski definition) is 9. The summed E-state index contributed by atoms with van der Waals surface area (Å²) >= 11 is 0. The molecule has 2 aliphatic rings. The van der Waals surface area contributed by atoms with Crippen LogP contribution in [0.1, 0.15) is 74.1 Å². The van der Waals surface area contributed by atoms with Gasteiger partial charge in [0.25, 0.3) is 0 Å². The number of unbranched alkanes of at least 4 members (excludes halogenated alkanes) is 2. The molecule has 49 heavy (non-hydrogen) atoms. The Morgan fingerprint density at radius 1 is 0.857 bits per heavy atom. The van der Waals surface area contributed by atoms with Crippen LogP contribution in [-0.4, -0.2) is 48.2 Å². The summed E-state index contributed by atoms with van der Waals surface area (Å²) in [6, 6.07) is 24.5. The van der Waals surface area contributed by atoms with E-state index < -0.39 is 13.8 Å². The monoisotopic (exact) mass is 694 g/mol. The molecule has 0 radical (unpaired) electrons. The second kappa shape index (κ2) is 18.8. The summed E-state index contributed by atoms with van der Waals surface area (Å²) in [4.78, 5) is 12.6. The molecule has 0 amide bonds. The van der Waals surface area contributed by atoms with Gasteiger partial charge >= 0.3 is 13.8 Å². The van der Waals surface area contributed by atoms with Gasteiger partial charge in [0.1, 0.15) is 12.4 Å². The molecule has 0 spiro atoms. The van der Waals surface area contributed by atoms with Crippen LogP contribution in [0.5, 0.6) is 5.75 Å². The van der Waals surface area contributed by atoms with Crippen molar-refractivity contribution in [2.75, 3.05) is 19.8 Å². The second-order valence-corrected chi connectivity index (χ2v) is 14.9. The van der Waals surface area contributed by atoms with Crippen LogP contribution in [0.15, 0.2) is 78.9 Å². The molecule has 1 saturated carbocycles. The fraction of sp³-hybridized carbons (Fsp3) is 0.513. The average Bonchev–Trinajstić information content (AvgIpc) is 3.43. The number of phosphoric acid groups is 1. The number of carbonyl (C=O) groups excluding carboxylic acids is 1. The molecule has 3 aromatic carbocycles. The molecule has 2 aliphatic carbocycles. The van der Waals surface area contributed by atoms with Gasteiger partial charge < -0.3 is 19.7 Å². The number of esters is 1. The Hall–Kier alpha value is -3.04. The first-order valence-corrected chi connectivity index (χ1v) is 19.2. The molecule has 0 aromatic heterocycles. The molecule has 0 saturated heterocycles. The fourth-order valence-electron chi connectivity index (χ4n) is 7.15. The van der Waals surface area contributed by atoms with Crippen molar-refractivity contribution in [2.24, 2.45) is 17.8 Å². The van der Waals surface area contributed by atoms with E-state index in [1.165, 1.54) is 5.56 Å². The van der Waals surface area contributed by atoms with Crippen molar-refractivity contribution in [3.05, 3.63) is 101 Å². The van der Waals surface area contributed by atoms with E-state index in [4.69, 9.17) is 23.0 Å². The molecule has 5 rings (SSSR count). The van der Waals surface area contributed by atoms with E-state index in [9.17, 15) is 19.6 Å². The third kappa shape index (κ3) is 11.2. The standard InChI is InChI=1S/C39H51O9P/c1-2-3-6-17-33(40)19-20-34-35-23-31-16-11-18-38(36(31)24-32(35)25-37(34)41)45-28-39(42)44-21-22-46-49(43,47-26-29-12-7-4-8-13-29)48-27-30-14-9-5-10-15-30/h4-5,7-16,18,32-35,37,40-41H,2-3,6,17,19-28H2,1H3/t32-,33-,34+,35-,37+/m0/s1. The molecule has 5 atom stereocenters. The quantitative estimate of drug-likeness (QED) is 0.0700. The highest BCUT2D eigenvalue weighted by molar-refractivity contribution is 7.48. The maximum Gasteiger partial charge on any atom is 0.475 e. The highest BCUT2D eigenvalue weighted by Crippen LogP contribution is 2.51. The zero-order valence-corrected chi connectivity index (χ0v) is 29.4. The maximum absolute atomic E-state index is 13.4. The molecular weight excluding hydrogens is 643 g/mol. The Labute approximate surface area is 290 Å². The van der Waals surface area contributed by atoms with E-state index in [-0.39, 0.29) is 51.2 Å². The predicted molar refractivity (Wildman–Crippen MR) is 187 cm³/mol. The number of hydrogen-bond donors (Lipinski definition) is 2. The third-order valence-corrected chi connectivity index (χ3v) is 11.1. The van der Waals surface area contributed by atoms with Gasteiger partial charge in [-0.15, -0.1) is 0 Å². The molecule has 0 heterocycles. The average molecular weight is 695 g/mol. The number of carbonyl (C=O) groups is 1. The molecule has 1 fully saturated rings. The molecule has 266 valence electrons. The number of ether oxygens (including phenoxy) is 2. The summed E-state index contributed by atoms with van der Waals surface area (Å²) in [6.45, 7) is 1.61. The Balaban J connectivity index is 1.08. The molecule has 0 unspecified atom stereocenters. The van der Waals surface area contributed by atoms with Crippen molar-refractivity contribution in [2.45, 2.75) is 90.1 Å². The van der Waals surface area contributed by atoms with Crippen LogP contribution in [0.25, 0.3) is 0 Å². The van der Waals surface area contributed by atoms with Crippen molar-refractivity contribution in [1.29, 1.82) is 0 Å². The summed E-state index contributed by atoms with van der Waals surface area (Å²) in [5, 5.41) is 21.4. The highest BCUT2D eigenvalue weighted by atomic mass is 31.2. The first-order valence-electron chi connectivity index (χ1n) is 17.7. The van der Waals surface area contributed by atoms with Crippen molar-refractivity contribution < 1.29 is 42.6 Å². The van der Waals surface area contributed by atoms with Crippen molar-refractivity contribution in [3.8, 4) is 5.75 Å². The Morgan fingerprint density at radius 2 is 1.55 bits per heavy atom. The molecule has 0 bridgehead atoms. The minimum Gasteiger partial charge on any atom is -0.482 e. The third-order valence-electron chi connectivity index (χ3n) is 9.73. The maximum atomic E-state index is 13.4. The molecule has 9 nitrogen and oxygen atoms in total. The summed E-state index contributed by atoms with van der Waals surface area (Å²) in [5.74, 6) is 0.969. The van der Waals surface area contributed by atoms with Crippen LogP contribution in [0, 0.1) is 17.8 Å². The second-order valence-electron chi connectivity index (χ2n) is 13.2. The zero-order valence-electron chi connectivity index (χ0n) is 28.5. The lowest BCUT2D eigenvalue weighted by atomic mass is 9.73. The van der Waals surface area contributed by atoms with E-state index in [1.54, 1.807) is 0 Å². The Kier molecular flexibility index (Phi) is 14.3. The number of phosphoric ester groups is 1. The largest absolute Gasteiger partial charge is 0.482 e. The van der Waals surface area contributed by atoms with Gasteiger partial charge in [-0.3, -0.25) is 13.6 Å². The fourth-order valence-corrected chi connectivity index (χ4v) is 8.28. The van der Waals surface area contributed by atoms with Gasteiger partial charge in [0.15, 0.2) is 6.61 Å². The lowest BCUT2D eigenvalue weighted by Crippen LogP contribution is -2.28. The van der Waals surface area contributed by atoms with E-state index in [1.807, 2.05) is 72.8 Å². The van der Waals surface area contributed by atoms with E-state index >= 15 is 0 Å². The van der Waals surface area contributed by atoms with Gasteiger partial charge in [-0.25, -0.2) is 9.36 Å². The van der Waals surface area contributed by atoms with Crippen LogP contribution >= 0.6 is 7.82 Å². The van der Waals surface area contributed by atoms with Crippen molar-refractivity contribution in [1.82, 2.24) is 0 Å². The first-order chi connectivity index (χ1) is 23.8. The highest BCUT2D eigenvalue weighted by Gasteiger charge is 2.45. The van der Waals surface area contributed by atoms with E-state index in [0.717, 1.165) is 74.5 Å². The van der Waals surface area contributed by atoms with E-state index in [0.29, 0.717) is 17.6 Å². The topological polar surface area (TPSA) is 121 Å².